The Bertz CT molecular complexity index is 1050. The Hall–Kier alpha value is -3.88. The number of carbonyl (C=O) groups excluding carboxylic acids is 1. The lowest BCUT2D eigenvalue weighted by molar-refractivity contribution is -0.192. The molecule has 150 valence electrons. The third kappa shape index (κ3) is 6.35. The second-order valence-corrected chi connectivity index (χ2v) is 5.63. The van der Waals surface area contributed by atoms with Gasteiger partial charge in [0.05, 0.1) is 11.8 Å². The zero-order valence-corrected chi connectivity index (χ0v) is 14.7. The van der Waals surface area contributed by atoms with E-state index < -0.39 is 18.1 Å². The number of hydrogen-bond acceptors (Lipinski definition) is 4. The summed E-state index contributed by atoms with van der Waals surface area (Å²) in [5.74, 6) is -3.27. The minimum Gasteiger partial charge on any atom is -0.507 e. The zero-order chi connectivity index (χ0) is 21.4. The van der Waals surface area contributed by atoms with Crippen molar-refractivity contribution in [1.82, 2.24) is 5.43 Å². The summed E-state index contributed by atoms with van der Waals surface area (Å²) in [6.07, 6.45) is -3.51. The molecule has 0 aliphatic rings. The Kier molecular flexibility index (Phi) is 6.91. The van der Waals surface area contributed by atoms with Crippen molar-refractivity contribution in [1.29, 1.82) is 0 Å². The number of aliphatic carboxylic acids is 1. The first-order chi connectivity index (χ1) is 13.7. The molecule has 0 unspecified atom stereocenters. The Labute approximate surface area is 162 Å². The fourth-order valence-corrected chi connectivity index (χ4v) is 2.18. The number of fused-ring (bicyclic) bond motifs is 1. The molecule has 0 aliphatic carbocycles. The van der Waals surface area contributed by atoms with E-state index in [9.17, 15) is 23.1 Å². The predicted molar refractivity (Wildman–Crippen MR) is 101 cm³/mol. The molecule has 3 rings (SSSR count). The van der Waals surface area contributed by atoms with Crippen LogP contribution in [-0.4, -0.2) is 34.5 Å². The number of nitrogens with one attached hydrogen (secondary N) is 1. The number of carboxylic acid groups (broad SMARTS) is 1. The first kappa shape index (κ1) is 21.4. The number of para-hydroxylation sites is 1. The number of phenols is 1. The maximum absolute atomic E-state index is 11.9. The Morgan fingerprint density at radius 3 is 2.14 bits per heavy atom. The first-order valence-electron chi connectivity index (χ1n) is 8.09. The molecule has 3 N–H and O–H groups in total. The minimum atomic E-state index is -5.08. The van der Waals surface area contributed by atoms with Gasteiger partial charge in [0.1, 0.15) is 5.75 Å². The predicted octanol–water partition coefficient (Wildman–Crippen LogP) is 3.94. The van der Waals surface area contributed by atoms with Gasteiger partial charge >= 0.3 is 12.1 Å². The van der Waals surface area contributed by atoms with E-state index in [2.05, 4.69) is 10.5 Å². The SMILES string of the molecule is O=C(N/N=C/c1ccc2ccccc2c1)c1ccccc1O.O=C(O)C(F)(F)F. The lowest BCUT2D eigenvalue weighted by Gasteiger charge is -2.02. The summed E-state index contributed by atoms with van der Waals surface area (Å²) in [7, 11) is 0. The normalized spacial score (nSPS) is 11.0. The van der Waals surface area contributed by atoms with E-state index in [0.717, 1.165) is 16.3 Å². The van der Waals surface area contributed by atoms with E-state index in [1.807, 2.05) is 42.5 Å². The van der Waals surface area contributed by atoms with Crippen molar-refractivity contribution in [3.63, 3.8) is 0 Å². The summed E-state index contributed by atoms with van der Waals surface area (Å²) in [5.41, 5.74) is 3.49. The van der Waals surface area contributed by atoms with Crippen LogP contribution in [0.1, 0.15) is 15.9 Å². The van der Waals surface area contributed by atoms with Gasteiger partial charge in [-0.15, -0.1) is 0 Å². The van der Waals surface area contributed by atoms with E-state index in [4.69, 9.17) is 9.90 Å². The fraction of sp³-hybridized carbons (Fsp3) is 0.0500. The molecular formula is C20H15F3N2O4. The summed E-state index contributed by atoms with van der Waals surface area (Å²) in [4.78, 5) is 20.8. The van der Waals surface area contributed by atoms with Crippen molar-refractivity contribution >= 4 is 28.9 Å². The van der Waals surface area contributed by atoms with Gasteiger partial charge in [-0.05, 0) is 34.5 Å². The first-order valence-corrected chi connectivity index (χ1v) is 8.09. The van der Waals surface area contributed by atoms with E-state index in [0.29, 0.717) is 0 Å². The van der Waals surface area contributed by atoms with Gasteiger partial charge in [-0.3, -0.25) is 4.79 Å². The largest absolute Gasteiger partial charge is 0.507 e. The lowest BCUT2D eigenvalue weighted by atomic mass is 10.1. The standard InChI is InChI=1S/C18H14N2O2.C2HF3O2/c21-17-8-4-3-7-16(17)18(22)20-19-12-13-9-10-14-5-1-2-6-15(14)11-13;3-2(4,5)1(6)7/h1-12,21H,(H,20,22);(H,6,7)/b19-12+;. The number of carboxylic acids is 1. The third-order valence-corrected chi connectivity index (χ3v) is 3.54. The number of amides is 1. The van der Waals surface area contributed by atoms with Crippen LogP contribution in [-0.2, 0) is 4.79 Å². The number of halogens is 3. The minimum absolute atomic E-state index is 0.0686. The highest BCUT2D eigenvalue weighted by molar-refractivity contribution is 5.97. The molecule has 29 heavy (non-hydrogen) atoms. The van der Waals surface area contributed by atoms with E-state index in [1.54, 1.807) is 18.3 Å². The molecule has 6 nitrogen and oxygen atoms in total. The van der Waals surface area contributed by atoms with Crippen molar-refractivity contribution in [2.45, 2.75) is 6.18 Å². The van der Waals surface area contributed by atoms with Crippen LogP contribution in [0.2, 0.25) is 0 Å². The Morgan fingerprint density at radius 2 is 1.52 bits per heavy atom. The summed E-state index contributed by atoms with van der Waals surface area (Å²) in [5, 5.41) is 22.9. The highest BCUT2D eigenvalue weighted by atomic mass is 19.4. The number of benzene rings is 3. The van der Waals surface area contributed by atoms with Crippen molar-refractivity contribution in [3.8, 4) is 5.75 Å². The molecule has 0 radical (unpaired) electrons. The lowest BCUT2D eigenvalue weighted by Crippen LogP contribution is -2.21. The molecule has 0 aromatic heterocycles. The van der Waals surface area contributed by atoms with Gasteiger partial charge in [0.15, 0.2) is 0 Å². The summed E-state index contributed by atoms with van der Waals surface area (Å²) >= 11 is 0. The number of nitrogens with zero attached hydrogens (tertiary/aromatic N) is 1. The van der Waals surface area contributed by atoms with E-state index >= 15 is 0 Å². The molecule has 0 aliphatic heterocycles. The molecule has 0 saturated heterocycles. The van der Waals surface area contributed by atoms with Crippen molar-refractivity contribution < 1.29 is 33.0 Å². The molecule has 3 aromatic carbocycles. The van der Waals surface area contributed by atoms with Gasteiger partial charge in [-0.25, -0.2) is 10.2 Å². The molecule has 0 bridgehead atoms. The Morgan fingerprint density at radius 1 is 0.931 bits per heavy atom. The smallest absolute Gasteiger partial charge is 0.490 e. The van der Waals surface area contributed by atoms with Crippen molar-refractivity contribution in [3.05, 3.63) is 77.9 Å². The topological polar surface area (TPSA) is 99.0 Å². The number of phenolic OH excluding ortho intramolecular Hbond substituents is 1. The number of hydrazone groups is 1. The molecule has 3 aromatic rings. The van der Waals surface area contributed by atoms with Gasteiger partial charge in [0.2, 0.25) is 0 Å². The van der Waals surface area contributed by atoms with Crippen LogP contribution in [0.5, 0.6) is 5.75 Å². The molecule has 9 heteroatoms. The highest BCUT2D eigenvalue weighted by Gasteiger charge is 2.38. The number of rotatable bonds is 3. The van der Waals surface area contributed by atoms with Crippen molar-refractivity contribution in [2.75, 3.05) is 0 Å². The van der Waals surface area contributed by atoms with Crippen LogP contribution in [0, 0.1) is 0 Å². The van der Waals surface area contributed by atoms with Crippen LogP contribution < -0.4 is 5.43 Å². The number of hydrogen-bond donors (Lipinski definition) is 3. The molecule has 0 atom stereocenters. The molecule has 0 heterocycles. The molecule has 0 saturated carbocycles. The number of aromatic hydroxyl groups is 1. The molecule has 0 fully saturated rings. The Balaban J connectivity index is 0.000000370. The van der Waals surface area contributed by atoms with Gasteiger partial charge in [0.25, 0.3) is 5.91 Å². The fourth-order valence-electron chi connectivity index (χ4n) is 2.18. The van der Waals surface area contributed by atoms with E-state index in [1.165, 1.54) is 12.1 Å². The second-order valence-electron chi connectivity index (χ2n) is 5.63. The van der Waals surface area contributed by atoms with Crippen LogP contribution in [0.4, 0.5) is 13.2 Å². The second kappa shape index (κ2) is 9.36. The van der Waals surface area contributed by atoms with Crippen LogP contribution in [0.15, 0.2) is 71.8 Å². The number of carbonyl (C=O) groups is 2. The van der Waals surface area contributed by atoms with Gasteiger partial charge < -0.3 is 10.2 Å². The quantitative estimate of drug-likeness (QED) is 0.455. The van der Waals surface area contributed by atoms with E-state index in [-0.39, 0.29) is 11.3 Å². The highest BCUT2D eigenvalue weighted by Crippen LogP contribution is 2.16. The zero-order valence-electron chi connectivity index (χ0n) is 14.7. The summed E-state index contributed by atoms with van der Waals surface area (Å²) in [6, 6.07) is 20.3. The van der Waals surface area contributed by atoms with Crippen LogP contribution in [0.3, 0.4) is 0 Å². The molecule has 0 spiro atoms. The maximum Gasteiger partial charge on any atom is 0.490 e. The molecular weight excluding hydrogens is 389 g/mol. The summed E-state index contributed by atoms with van der Waals surface area (Å²) in [6.45, 7) is 0. The van der Waals surface area contributed by atoms with Gasteiger partial charge in [-0.1, -0.05) is 48.5 Å². The van der Waals surface area contributed by atoms with Crippen molar-refractivity contribution in [2.24, 2.45) is 5.10 Å². The monoisotopic (exact) mass is 404 g/mol. The average molecular weight is 404 g/mol. The summed E-state index contributed by atoms with van der Waals surface area (Å²) < 4.78 is 31.7. The molecule has 1 amide bonds. The van der Waals surface area contributed by atoms with Crippen LogP contribution >= 0.6 is 0 Å². The van der Waals surface area contributed by atoms with Crippen LogP contribution in [0.25, 0.3) is 10.8 Å². The third-order valence-electron chi connectivity index (χ3n) is 3.54. The maximum atomic E-state index is 11.9. The van der Waals surface area contributed by atoms with Gasteiger partial charge in [-0.2, -0.15) is 18.3 Å². The number of alkyl halides is 3. The van der Waals surface area contributed by atoms with Gasteiger partial charge in [0, 0.05) is 0 Å². The average Bonchev–Trinajstić information content (AvgIpc) is 2.68.